The molecule has 6 heteroatoms. The zero-order valence-electron chi connectivity index (χ0n) is 10.4. The van der Waals surface area contributed by atoms with Crippen molar-refractivity contribution < 1.29 is 13.2 Å². The van der Waals surface area contributed by atoms with E-state index in [9.17, 15) is 13.2 Å². The lowest BCUT2D eigenvalue weighted by Gasteiger charge is -2.07. The number of fused-ring (bicyclic) bond motifs is 1. The minimum Gasteiger partial charge on any atom is -0.309 e. The van der Waals surface area contributed by atoms with Crippen LogP contribution in [0.3, 0.4) is 0 Å². The third-order valence-electron chi connectivity index (χ3n) is 3.22. The number of nitrogens with one attached hydrogen (secondary N) is 1. The van der Waals surface area contributed by atoms with Crippen LogP contribution in [-0.4, -0.2) is 4.98 Å². The maximum Gasteiger partial charge on any atom is 0.433 e. The van der Waals surface area contributed by atoms with Crippen molar-refractivity contribution in [3.8, 4) is 11.1 Å². The molecule has 1 aliphatic rings. The van der Waals surface area contributed by atoms with Gasteiger partial charge in [-0.2, -0.15) is 13.2 Å². The molecule has 3 rings (SSSR count). The van der Waals surface area contributed by atoms with Crippen LogP contribution in [0.2, 0.25) is 0 Å². The summed E-state index contributed by atoms with van der Waals surface area (Å²) in [5.74, 6) is 0. The number of aromatic nitrogens is 1. The molecule has 20 heavy (non-hydrogen) atoms. The van der Waals surface area contributed by atoms with Gasteiger partial charge in [0.15, 0.2) is 0 Å². The predicted octanol–water partition coefficient (Wildman–Crippen LogP) is 3.79. The van der Waals surface area contributed by atoms with Crippen LogP contribution in [0.5, 0.6) is 0 Å². The molecule has 0 unspecified atom stereocenters. The van der Waals surface area contributed by atoms with E-state index in [2.05, 4.69) is 10.3 Å². The summed E-state index contributed by atoms with van der Waals surface area (Å²) in [4.78, 5) is 3.48. The summed E-state index contributed by atoms with van der Waals surface area (Å²) >= 11 is 0. The van der Waals surface area contributed by atoms with Gasteiger partial charge in [0.05, 0.1) is 0 Å². The predicted molar refractivity (Wildman–Crippen MR) is 72.5 cm³/mol. The van der Waals surface area contributed by atoms with Crippen molar-refractivity contribution in [3.63, 3.8) is 0 Å². The smallest absolute Gasteiger partial charge is 0.309 e. The number of hydrogen-bond donors (Lipinski definition) is 1. The highest BCUT2D eigenvalue weighted by molar-refractivity contribution is 5.85. The van der Waals surface area contributed by atoms with Crippen molar-refractivity contribution in [1.29, 1.82) is 0 Å². The Kier molecular flexibility index (Phi) is 4.01. The van der Waals surface area contributed by atoms with Crippen molar-refractivity contribution >= 4 is 12.4 Å². The van der Waals surface area contributed by atoms with E-state index < -0.39 is 11.9 Å². The van der Waals surface area contributed by atoms with Crippen LogP contribution < -0.4 is 5.32 Å². The molecule has 1 N–H and O–H groups in total. The molecule has 1 aliphatic heterocycles. The van der Waals surface area contributed by atoms with Gasteiger partial charge < -0.3 is 5.32 Å². The first-order valence-corrected chi connectivity index (χ1v) is 5.90. The normalized spacial score (nSPS) is 13.8. The standard InChI is InChI=1S/C14H11F3N2.ClH/c15-14(16,17)13-4-3-11(8-19-13)9-1-2-10-6-18-7-12(10)5-9;/h1-5,8,18H,6-7H2;1H. The van der Waals surface area contributed by atoms with Crippen LogP contribution in [0.25, 0.3) is 11.1 Å². The Morgan fingerprint density at radius 2 is 1.65 bits per heavy atom. The van der Waals surface area contributed by atoms with E-state index in [0.29, 0.717) is 5.56 Å². The minimum absolute atomic E-state index is 0. The molecule has 0 amide bonds. The lowest BCUT2D eigenvalue weighted by molar-refractivity contribution is -0.141. The lowest BCUT2D eigenvalue weighted by atomic mass is 10.0. The Balaban J connectivity index is 0.00000147. The summed E-state index contributed by atoms with van der Waals surface area (Å²) in [6, 6.07) is 8.39. The van der Waals surface area contributed by atoms with Crippen LogP contribution in [0, 0.1) is 0 Å². The molecule has 0 bridgehead atoms. The first kappa shape index (κ1) is 14.8. The van der Waals surface area contributed by atoms with E-state index in [-0.39, 0.29) is 12.4 Å². The molecular formula is C14H12ClF3N2. The summed E-state index contributed by atoms with van der Waals surface area (Å²) < 4.78 is 37.3. The first-order valence-electron chi connectivity index (χ1n) is 5.90. The molecule has 106 valence electrons. The monoisotopic (exact) mass is 300 g/mol. The van der Waals surface area contributed by atoms with Crippen molar-refractivity contribution in [3.05, 3.63) is 53.3 Å². The Hall–Kier alpha value is -1.59. The fourth-order valence-corrected chi connectivity index (χ4v) is 2.21. The molecule has 2 heterocycles. The second-order valence-electron chi connectivity index (χ2n) is 4.52. The van der Waals surface area contributed by atoms with E-state index in [1.54, 1.807) is 0 Å². The van der Waals surface area contributed by atoms with E-state index in [4.69, 9.17) is 0 Å². The maximum absolute atomic E-state index is 12.4. The second-order valence-corrected chi connectivity index (χ2v) is 4.52. The van der Waals surface area contributed by atoms with Crippen molar-refractivity contribution in [2.24, 2.45) is 0 Å². The van der Waals surface area contributed by atoms with E-state index in [0.717, 1.165) is 24.7 Å². The number of nitrogens with zero attached hydrogens (tertiary/aromatic N) is 1. The Bertz CT molecular complexity index is 609. The number of pyridine rings is 1. The van der Waals surface area contributed by atoms with Crippen LogP contribution in [-0.2, 0) is 19.3 Å². The second kappa shape index (κ2) is 5.42. The summed E-state index contributed by atoms with van der Waals surface area (Å²) in [6.45, 7) is 1.65. The number of halogens is 4. The average molecular weight is 301 g/mol. The molecule has 0 fully saturated rings. The van der Waals surface area contributed by atoms with E-state index in [1.165, 1.54) is 23.4 Å². The molecular weight excluding hydrogens is 289 g/mol. The Morgan fingerprint density at radius 1 is 0.950 bits per heavy atom. The summed E-state index contributed by atoms with van der Waals surface area (Å²) in [5.41, 5.74) is 3.16. The fraction of sp³-hybridized carbons (Fsp3) is 0.214. The van der Waals surface area contributed by atoms with Gasteiger partial charge >= 0.3 is 6.18 Å². The molecule has 0 saturated heterocycles. The third-order valence-corrected chi connectivity index (χ3v) is 3.22. The summed E-state index contributed by atoms with van der Waals surface area (Å²) in [5, 5.41) is 3.23. The quantitative estimate of drug-likeness (QED) is 0.866. The largest absolute Gasteiger partial charge is 0.433 e. The van der Waals surface area contributed by atoms with Gasteiger partial charge in [0.1, 0.15) is 5.69 Å². The molecule has 2 nitrogen and oxygen atoms in total. The van der Waals surface area contributed by atoms with Crippen LogP contribution in [0.4, 0.5) is 13.2 Å². The maximum atomic E-state index is 12.4. The molecule has 0 radical (unpaired) electrons. The SMILES string of the molecule is Cl.FC(F)(F)c1ccc(-c2ccc3c(c2)CNC3)cn1. The Labute approximate surface area is 120 Å². The fourth-order valence-electron chi connectivity index (χ4n) is 2.21. The Morgan fingerprint density at radius 3 is 2.30 bits per heavy atom. The molecule has 0 spiro atoms. The van der Waals surface area contributed by atoms with Gasteiger partial charge in [0.2, 0.25) is 0 Å². The van der Waals surface area contributed by atoms with Gasteiger partial charge in [0.25, 0.3) is 0 Å². The van der Waals surface area contributed by atoms with Gasteiger partial charge in [-0.15, -0.1) is 12.4 Å². The first-order chi connectivity index (χ1) is 9.04. The number of rotatable bonds is 1. The third kappa shape index (κ3) is 2.78. The topological polar surface area (TPSA) is 24.9 Å². The van der Waals surface area contributed by atoms with Crippen molar-refractivity contribution in [2.45, 2.75) is 19.3 Å². The van der Waals surface area contributed by atoms with Gasteiger partial charge in [-0.3, -0.25) is 4.98 Å². The highest BCUT2D eigenvalue weighted by Crippen LogP contribution is 2.30. The molecule has 2 aromatic rings. The molecule has 0 aliphatic carbocycles. The number of alkyl halides is 3. The molecule has 0 atom stereocenters. The zero-order chi connectivity index (χ0) is 13.5. The van der Waals surface area contributed by atoms with E-state index in [1.807, 2.05) is 18.2 Å². The van der Waals surface area contributed by atoms with Gasteiger partial charge in [-0.25, -0.2) is 0 Å². The van der Waals surface area contributed by atoms with Gasteiger partial charge in [0, 0.05) is 24.8 Å². The molecule has 1 aromatic carbocycles. The van der Waals surface area contributed by atoms with Crippen molar-refractivity contribution in [1.82, 2.24) is 10.3 Å². The van der Waals surface area contributed by atoms with Crippen molar-refractivity contribution in [2.75, 3.05) is 0 Å². The minimum atomic E-state index is -4.39. The highest BCUT2D eigenvalue weighted by Gasteiger charge is 2.32. The van der Waals surface area contributed by atoms with E-state index >= 15 is 0 Å². The summed E-state index contributed by atoms with van der Waals surface area (Å²) in [7, 11) is 0. The highest BCUT2D eigenvalue weighted by atomic mass is 35.5. The molecule has 0 saturated carbocycles. The molecule has 1 aromatic heterocycles. The van der Waals surface area contributed by atoms with Gasteiger partial charge in [-0.1, -0.05) is 18.2 Å². The number of benzene rings is 1. The zero-order valence-corrected chi connectivity index (χ0v) is 11.2. The number of hydrogen-bond acceptors (Lipinski definition) is 2. The van der Waals surface area contributed by atoms with Crippen LogP contribution >= 0.6 is 12.4 Å². The lowest BCUT2D eigenvalue weighted by Crippen LogP contribution is -2.07. The van der Waals surface area contributed by atoms with Crippen LogP contribution in [0.1, 0.15) is 16.8 Å². The summed E-state index contributed by atoms with van der Waals surface area (Å²) in [6.07, 6.45) is -3.12. The van der Waals surface area contributed by atoms with Crippen LogP contribution in [0.15, 0.2) is 36.5 Å². The van der Waals surface area contributed by atoms with Gasteiger partial charge in [-0.05, 0) is 28.8 Å². The average Bonchev–Trinajstić information content (AvgIpc) is 2.85.